The van der Waals surface area contributed by atoms with Crippen LogP contribution in [0.25, 0.3) is 0 Å². The van der Waals surface area contributed by atoms with Gasteiger partial charge in [0.05, 0.1) is 0 Å². The van der Waals surface area contributed by atoms with Crippen LogP contribution >= 0.6 is 11.3 Å². The summed E-state index contributed by atoms with van der Waals surface area (Å²) in [4.78, 5) is 0. The van der Waals surface area contributed by atoms with Crippen LogP contribution < -0.4 is 0 Å². The van der Waals surface area contributed by atoms with E-state index in [-0.39, 0.29) is 0 Å². The third-order valence-electron chi connectivity index (χ3n) is 6.30. The van der Waals surface area contributed by atoms with Crippen molar-refractivity contribution in [3.05, 3.63) is 80.6 Å². The van der Waals surface area contributed by atoms with E-state index in [1.807, 2.05) is 0 Å². The van der Waals surface area contributed by atoms with Gasteiger partial charge in [-0.2, -0.15) is 11.3 Å². The van der Waals surface area contributed by atoms with Gasteiger partial charge in [-0.3, -0.25) is 0 Å². The van der Waals surface area contributed by atoms with Gasteiger partial charge in [0.15, 0.2) is 0 Å². The molecule has 0 fully saturated rings. The Morgan fingerprint density at radius 2 is 1.09 bits per heavy atom. The maximum absolute atomic E-state index is 5.34. The van der Waals surface area contributed by atoms with Crippen LogP contribution in [0.3, 0.4) is 0 Å². The zero-order valence-electron chi connectivity index (χ0n) is 22.6. The predicted octanol–water partition coefficient (Wildman–Crippen LogP) is 10.9. The van der Waals surface area contributed by atoms with Gasteiger partial charge in [0.25, 0.3) is 0 Å². The quantitative estimate of drug-likeness (QED) is 0.155. The molecule has 1 aromatic rings. The molecule has 1 heteroatoms. The van der Waals surface area contributed by atoms with Crippen molar-refractivity contribution in [2.75, 3.05) is 0 Å². The summed E-state index contributed by atoms with van der Waals surface area (Å²) in [5.41, 5.74) is 8.96. The maximum Gasteiger partial charge on any atom is 0.0123 e. The minimum Gasteiger partial charge on any atom is -0.152 e. The fraction of sp³-hybridized carbons (Fsp3) is 0.515. The average Bonchev–Trinajstić information content (AvgIpc) is 3.31. The lowest BCUT2D eigenvalue weighted by Gasteiger charge is -2.03. The van der Waals surface area contributed by atoms with Crippen LogP contribution in [0.5, 0.6) is 0 Å². The summed E-state index contributed by atoms with van der Waals surface area (Å²) in [6.07, 6.45) is 30.9. The highest BCUT2D eigenvalue weighted by molar-refractivity contribution is 7.07. The van der Waals surface area contributed by atoms with E-state index in [0.717, 1.165) is 51.4 Å². The third-order valence-corrected chi connectivity index (χ3v) is 7.03. The van der Waals surface area contributed by atoms with Crippen molar-refractivity contribution in [3.63, 3.8) is 0 Å². The molecule has 0 spiro atoms. The summed E-state index contributed by atoms with van der Waals surface area (Å²) in [7, 11) is 0. The van der Waals surface area contributed by atoms with E-state index in [0.29, 0.717) is 0 Å². The average molecular weight is 477 g/mol. The number of aryl methyl sites for hydroxylation is 1. The molecule has 0 amide bonds. The monoisotopic (exact) mass is 476 g/mol. The van der Waals surface area contributed by atoms with Crippen LogP contribution in [-0.2, 0) is 6.42 Å². The molecule has 0 saturated heterocycles. The highest BCUT2D eigenvalue weighted by Crippen LogP contribution is 2.16. The lowest BCUT2D eigenvalue weighted by atomic mass is 10.0. The number of allylic oxidation sites excluding steroid dienone is 10. The predicted molar refractivity (Wildman–Crippen MR) is 156 cm³/mol. The molecule has 0 aliphatic heterocycles. The van der Waals surface area contributed by atoms with Crippen LogP contribution in [-0.4, -0.2) is 0 Å². The van der Waals surface area contributed by atoms with Crippen LogP contribution in [0, 0.1) is 12.3 Å². The Kier molecular flexibility index (Phi) is 17.0. The highest BCUT2D eigenvalue weighted by Gasteiger charge is 1.96. The largest absolute Gasteiger partial charge is 0.152 e. The third kappa shape index (κ3) is 16.6. The number of rotatable bonds is 17. The Hall–Kier alpha value is -2.04. The van der Waals surface area contributed by atoms with Gasteiger partial charge < -0.3 is 0 Å². The number of hydrogen-bond acceptors (Lipinski definition) is 1. The normalized spacial score (nSPS) is 13.9. The van der Waals surface area contributed by atoms with Crippen molar-refractivity contribution in [3.8, 4) is 12.3 Å². The van der Waals surface area contributed by atoms with Gasteiger partial charge in [-0.15, -0.1) is 12.3 Å². The zero-order valence-corrected chi connectivity index (χ0v) is 23.4. The van der Waals surface area contributed by atoms with E-state index in [2.05, 4.69) is 87.7 Å². The smallest absolute Gasteiger partial charge is 0.0123 e. The molecule has 0 radical (unpaired) electrons. The van der Waals surface area contributed by atoms with Gasteiger partial charge in [0, 0.05) is 6.42 Å². The second kappa shape index (κ2) is 19.3. The topological polar surface area (TPSA) is 0 Å². The van der Waals surface area contributed by atoms with E-state index in [4.69, 9.17) is 6.42 Å². The Morgan fingerprint density at radius 1 is 0.676 bits per heavy atom. The van der Waals surface area contributed by atoms with E-state index >= 15 is 0 Å². The lowest BCUT2D eigenvalue weighted by molar-refractivity contribution is 0.885. The summed E-state index contributed by atoms with van der Waals surface area (Å²) in [5.74, 6) is 2.72. The molecular weight excluding hydrogens is 428 g/mol. The molecule has 0 aliphatic rings. The first kappa shape index (κ1) is 30.0. The van der Waals surface area contributed by atoms with Crippen LogP contribution in [0.1, 0.15) is 111 Å². The fourth-order valence-electron chi connectivity index (χ4n) is 3.88. The van der Waals surface area contributed by atoms with Crippen LogP contribution in [0.2, 0.25) is 0 Å². The second-order valence-corrected chi connectivity index (χ2v) is 10.6. The van der Waals surface area contributed by atoms with Crippen LogP contribution in [0.15, 0.2) is 75.1 Å². The van der Waals surface area contributed by atoms with E-state index < -0.39 is 0 Å². The Bertz CT molecular complexity index is 862. The van der Waals surface area contributed by atoms with Crippen molar-refractivity contribution in [1.29, 1.82) is 0 Å². The molecule has 0 aliphatic carbocycles. The fourth-order valence-corrected chi connectivity index (χ4v) is 4.59. The molecule has 0 nitrogen and oxygen atoms in total. The van der Waals surface area contributed by atoms with Gasteiger partial charge in [-0.05, 0) is 128 Å². The number of hydrogen-bond donors (Lipinski definition) is 0. The molecule has 0 bridgehead atoms. The van der Waals surface area contributed by atoms with Crippen LogP contribution in [0.4, 0.5) is 0 Å². The van der Waals surface area contributed by atoms with Crippen molar-refractivity contribution in [1.82, 2.24) is 0 Å². The molecule has 0 atom stereocenters. The van der Waals surface area contributed by atoms with Gasteiger partial charge in [0.1, 0.15) is 0 Å². The minimum atomic E-state index is 0.853. The molecule has 0 N–H and O–H groups in total. The molecule has 1 heterocycles. The SMILES string of the molecule is C#CCC/C(C)=C/CC/C(C)=C/CC/C(C)=C/CC/C(C)=C/CC/C(C)=C/CCc1ccsc1. The molecule has 34 heavy (non-hydrogen) atoms. The first-order chi connectivity index (χ1) is 16.4. The summed E-state index contributed by atoms with van der Waals surface area (Å²) in [6, 6.07) is 2.24. The molecule has 1 aromatic heterocycles. The summed E-state index contributed by atoms with van der Waals surface area (Å²) in [6.45, 7) is 11.3. The maximum atomic E-state index is 5.34. The minimum absolute atomic E-state index is 0.853. The Morgan fingerprint density at radius 3 is 1.47 bits per heavy atom. The first-order valence-corrected chi connectivity index (χ1v) is 14.1. The zero-order chi connectivity index (χ0) is 25.0. The Balaban J connectivity index is 2.19. The lowest BCUT2D eigenvalue weighted by Crippen LogP contribution is -1.84. The van der Waals surface area contributed by atoms with E-state index in [1.165, 1.54) is 59.1 Å². The summed E-state index contributed by atoms with van der Waals surface area (Å²) < 4.78 is 0. The molecule has 0 aromatic carbocycles. The summed E-state index contributed by atoms with van der Waals surface area (Å²) >= 11 is 1.79. The number of thiophene rings is 1. The van der Waals surface area contributed by atoms with Crippen molar-refractivity contribution < 1.29 is 0 Å². The van der Waals surface area contributed by atoms with Crippen molar-refractivity contribution in [2.45, 2.75) is 112 Å². The molecule has 186 valence electrons. The van der Waals surface area contributed by atoms with Gasteiger partial charge in [-0.25, -0.2) is 0 Å². The highest BCUT2D eigenvalue weighted by atomic mass is 32.1. The van der Waals surface area contributed by atoms with E-state index in [1.54, 1.807) is 11.3 Å². The van der Waals surface area contributed by atoms with Gasteiger partial charge >= 0.3 is 0 Å². The summed E-state index contributed by atoms with van der Waals surface area (Å²) in [5, 5.41) is 4.43. The van der Waals surface area contributed by atoms with E-state index in [9.17, 15) is 0 Å². The molecular formula is C33H48S. The van der Waals surface area contributed by atoms with Gasteiger partial charge in [-0.1, -0.05) is 58.2 Å². The number of terminal acetylenes is 1. The standard InChI is InChI=1S/C33H48S/c1-7-8-14-28(2)15-9-16-29(3)17-10-18-30(4)19-11-20-31(5)21-12-22-32(6)23-13-24-33-25-26-34-27-33/h1,15,17,19,21,23,25-27H,8-14,16,18,20,22,24H2,2-6H3/b28-15+,29-17+,30-19+,31-21+,32-23+. The molecule has 1 rings (SSSR count). The van der Waals surface area contributed by atoms with Crippen molar-refractivity contribution >= 4 is 11.3 Å². The van der Waals surface area contributed by atoms with Gasteiger partial charge in [0.2, 0.25) is 0 Å². The molecule has 0 unspecified atom stereocenters. The Labute approximate surface area is 215 Å². The molecule has 0 saturated carbocycles. The second-order valence-electron chi connectivity index (χ2n) is 9.78. The van der Waals surface area contributed by atoms with Crippen molar-refractivity contribution in [2.24, 2.45) is 0 Å². The first-order valence-electron chi connectivity index (χ1n) is 13.1.